The van der Waals surface area contributed by atoms with Gasteiger partial charge in [-0.25, -0.2) is 4.39 Å². The summed E-state index contributed by atoms with van der Waals surface area (Å²) < 4.78 is 13.6. The Labute approximate surface area is 122 Å². The number of hydrogen-bond donors (Lipinski definition) is 1. The van der Waals surface area contributed by atoms with Crippen LogP contribution in [0.25, 0.3) is 0 Å². The fourth-order valence-corrected chi connectivity index (χ4v) is 3.16. The highest BCUT2D eigenvalue weighted by Crippen LogP contribution is 2.32. The van der Waals surface area contributed by atoms with Gasteiger partial charge in [0.25, 0.3) is 0 Å². The van der Waals surface area contributed by atoms with Crippen LogP contribution in [0.5, 0.6) is 0 Å². The van der Waals surface area contributed by atoms with E-state index in [2.05, 4.69) is 31.0 Å². The second-order valence-corrected chi connectivity index (χ2v) is 6.10. The Morgan fingerprint density at radius 1 is 1.40 bits per heavy atom. The Hall–Kier alpha value is -1.09. The van der Waals surface area contributed by atoms with Gasteiger partial charge < -0.3 is 10.2 Å². The zero-order valence-corrected chi connectivity index (χ0v) is 13.0. The highest BCUT2D eigenvalue weighted by Gasteiger charge is 2.28. The summed E-state index contributed by atoms with van der Waals surface area (Å²) in [5.41, 5.74) is 2.30. The van der Waals surface area contributed by atoms with Crippen LogP contribution < -0.4 is 10.2 Å². The van der Waals surface area contributed by atoms with Crippen molar-refractivity contribution in [2.45, 2.75) is 52.6 Å². The zero-order chi connectivity index (χ0) is 14.5. The molecule has 1 heterocycles. The molecule has 2 nitrogen and oxygen atoms in total. The number of nitrogens with zero attached hydrogens (tertiary/aromatic N) is 1. The standard InChI is InChI=1S/C17H27FN2/c1-4-9-19-12-14-11-15(18)7-8-17(14)20-10-5-6-16(20)13(2)3/h7-8,11,13,16,19H,4-6,9-10,12H2,1-3H3. The molecule has 1 saturated heterocycles. The summed E-state index contributed by atoms with van der Waals surface area (Å²) in [6.45, 7) is 9.53. The number of anilines is 1. The van der Waals surface area contributed by atoms with Crippen molar-refractivity contribution in [3.8, 4) is 0 Å². The van der Waals surface area contributed by atoms with E-state index in [1.54, 1.807) is 12.1 Å². The van der Waals surface area contributed by atoms with E-state index in [1.807, 2.05) is 6.07 Å². The Balaban J connectivity index is 2.21. The molecule has 1 N–H and O–H groups in total. The van der Waals surface area contributed by atoms with E-state index in [4.69, 9.17) is 0 Å². The molecule has 3 heteroatoms. The molecule has 0 aliphatic carbocycles. The molecule has 1 aliphatic rings. The van der Waals surface area contributed by atoms with E-state index in [-0.39, 0.29) is 5.82 Å². The summed E-state index contributed by atoms with van der Waals surface area (Å²) in [5.74, 6) is 0.501. The van der Waals surface area contributed by atoms with Crippen LogP contribution in [0.2, 0.25) is 0 Å². The smallest absolute Gasteiger partial charge is 0.123 e. The first kappa shape index (κ1) is 15.3. The lowest BCUT2D eigenvalue weighted by Gasteiger charge is -2.31. The van der Waals surface area contributed by atoms with Gasteiger partial charge in [0, 0.05) is 24.8 Å². The topological polar surface area (TPSA) is 15.3 Å². The zero-order valence-electron chi connectivity index (χ0n) is 13.0. The molecular weight excluding hydrogens is 251 g/mol. The van der Waals surface area contributed by atoms with Gasteiger partial charge >= 0.3 is 0 Å². The summed E-state index contributed by atoms with van der Waals surface area (Å²) in [6, 6.07) is 5.83. The number of nitrogens with one attached hydrogen (secondary N) is 1. The molecule has 1 aliphatic heterocycles. The van der Waals surface area contributed by atoms with Crippen molar-refractivity contribution in [1.29, 1.82) is 0 Å². The summed E-state index contributed by atoms with van der Waals surface area (Å²) in [7, 11) is 0. The van der Waals surface area contributed by atoms with Crippen LogP contribution in [-0.4, -0.2) is 19.1 Å². The molecule has 1 aromatic carbocycles. The van der Waals surface area contributed by atoms with Gasteiger partial charge in [-0.2, -0.15) is 0 Å². The maximum Gasteiger partial charge on any atom is 0.123 e. The fourth-order valence-electron chi connectivity index (χ4n) is 3.16. The lowest BCUT2D eigenvalue weighted by atomic mass is 10.0. The van der Waals surface area contributed by atoms with Gasteiger partial charge in [0.15, 0.2) is 0 Å². The summed E-state index contributed by atoms with van der Waals surface area (Å²) in [4.78, 5) is 2.48. The molecule has 0 radical (unpaired) electrons. The van der Waals surface area contributed by atoms with Crippen molar-refractivity contribution in [2.75, 3.05) is 18.0 Å². The largest absolute Gasteiger partial charge is 0.368 e. The minimum Gasteiger partial charge on any atom is -0.368 e. The van der Waals surface area contributed by atoms with E-state index in [1.165, 1.54) is 18.5 Å². The average molecular weight is 278 g/mol. The van der Waals surface area contributed by atoms with E-state index in [9.17, 15) is 4.39 Å². The van der Waals surface area contributed by atoms with E-state index < -0.39 is 0 Å². The predicted octanol–water partition coefficient (Wildman–Crippen LogP) is 3.95. The van der Waals surface area contributed by atoms with Crippen molar-refractivity contribution < 1.29 is 4.39 Å². The van der Waals surface area contributed by atoms with Gasteiger partial charge in [-0.1, -0.05) is 20.8 Å². The second kappa shape index (κ2) is 7.07. The van der Waals surface area contributed by atoms with Crippen LogP contribution in [0.15, 0.2) is 18.2 Å². The van der Waals surface area contributed by atoms with E-state index >= 15 is 0 Å². The third kappa shape index (κ3) is 3.51. The Bertz CT molecular complexity index is 431. The molecule has 1 atom stereocenters. The van der Waals surface area contributed by atoms with Gasteiger partial charge in [0.2, 0.25) is 0 Å². The van der Waals surface area contributed by atoms with Crippen molar-refractivity contribution in [2.24, 2.45) is 5.92 Å². The molecule has 0 spiro atoms. The molecule has 0 bridgehead atoms. The normalized spacial score (nSPS) is 19.1. The minimum atomic E-state index is -0.137. The van der Waals surface area contributed by atoms with E-state index in [0.717, 1.165) is 31.6 Å². The predicted molar refractivity (Wildman–Crippen MR) is 83.6 cm³/mol. The van der Waals surface area contributed by atoms with Crippen LogP contribution in [0.4, 0.5) is 10.1 Å². The number of halogens is 1. The van der Waals surface area contributed by atoms with Crippen LogP contribution >= 0.6 is 0 Å². The maximum absolute atomic E-state index is 13.6. The van der Waals surface area contributed by atoms with Crippen LogP contribution in [0.1, 0.15) is 45.6 Å². The molecule has 1 unspecified atom stereocenters. The molecule has 0 saturated carbocycles. The molecule has 20 heavy (non-hydrogen) atoms. The molecule has 112 valence electrons. The van der Waals surface area contributed by atoms with Gasteiger partial charge in [-0.3, -0.25) is 0 Å². The van der Waals surface area contributed by atoms with Gasteiger partial charge in [0.1, 0.15) is 5.82 Å². The minimum absolute atomic E-state index is 0.137. The van der Waals surface area contributed by atoms with Crippen molar-refractivity contribution in [3.63, 3.8) is 0 Å². The first-order chi connectivity index (χ1) is 9.63. The maximum atomic E-state index is 13.6. The molecule has 0 amide bonds. The van der Waals surface area contributed by atoms with Crippen LogP contribution in [0.3, 0.4) is 0 Å². The van der Waals surface area contributed by atoms with Gasteiger partial charge in [-0.15, -0.1) is 0 Å². The first-order valence-electron chi connectivity index (χ1n) is 7.89. The fraction of sp³-hybridized carbons (Fsp3) is 0.647. The highest BCUT2D eigenvalue weighted by atomic mass is 19.1. The van der Waals surface area contributed by atoms with E-state index in [0.29, 0.717) is 12.0 Å². The molecular formula is C17H27FN2. The van der Waals surface area contributed by atoms with Crippen molar-refractivity contribution in [1.82, 2.24) is 5.32 Å². The SMILES string of the molecule is CCCNCc1cc(F)ccc1N1CCCC1C(C)C. The molecule has 1 aromatic rings. The first-order valence-corrected chi connectivity index (χ1v) is 7.89. The summed E-state index contributed by atoms with van der Waals surface area (Å²) in [5, 5.41) is 3.39. The Morgan fingerprint density at radius 2 is 2.20 bits per heavy atom. The summed E-state index contributed by atoms with van der Waals surface area (Å²) in [6.07, 6.45) is 3.59. The lowest BCUT2D eigenvalue weighted by molar-refractivity contribution is 0.490. The Kier molecular flexibility index (Phi) is 5.41. The monoisotopic (exact) mass is 278 g/mol. The number of benzene rings is 1. The van der Waals surface area contributed by atoms with Gasteiger partial charge in [-0.05, 0) is 55.5 Å². The third-order valence-electron chi connectivity index (χ3n) is 4.16. The molecule has 1 fully saturated rings. The Morgan fingerprint density at radius 3 is 2.90 bits per heavy atom. The lowest BCUT2D eigenvalue weighted by Crippen LogP contribution is -2.34. The highest BCUT2D eigenvalue weighted by molar-refractivity contribution is 5.55. The number of rotatable bonds is 6. The average Bonchev–Trinajstić information content (AvgIpc) is 2.88. The van der Waals surface area contributed by atoms with Crippen LogP contribution in [0, 0.1) is 11.7 Å². The second-order valence-electron chi connectivity index (χ2n) is 6.10. The quantitative estimate of drug-likeness (QED) is 0.793. The molecule has 2 rings (SSSR count). The number of hydrogen-bond acceptors (Lipinski definition) is 2. The summed E-state index contributed by atoms with van der Waals surface area (Å²) >= 11 is 0. The van der Waals surface area contributed by atoms with Crippen LogP contribution in [-0.2, 0) is 6.54 Å². The van der Waals surface area contributed by atoms with Crippen molar-refractivity contribution in [3.05, 3.63) is 29.6 Å². The van der Waals surface area contributed by atoms with Crippen molar-refractivity contribution >= 4 is 5.69 Å². The van der Waals surface area contributed by atoms with Gasteiger partial charge in [0.05, 0.1) is 0 Å². The molecule has 0 aromatic heterocycles. The third-order valence-corrected chi connectivity index (χ3v) is 4.16.